The standard InChI is InChI=1S/C23H16ClF3N2O6S/c1-33-16-6-4-3-5-12(16)18(23(25,26)27)35-11-7-8-14(24)15(9-11)29-20(30)17-13(21(31)34-2)10-36-19(17)28-22(29)32/h3-10,18H,1-2H3,(H,28,32). The number of carbonyl (C=O) groups is 1. The zero-order valence-corrected chi connectivity index (χ0v) is 20.1. The molecule has 36 heavy (non-hydrogen) atoms. The van der Waals surface area contributed by atoms with E-state index in [-0.39, 0.29) is 43.6 Å². The van der Waals surface area contributed by atoms with E-state index in [0.717, 1.165) is 24.5 Å². The van der Waals surface area contributed by atoms with Crippen molar-refractivity contribution in [3.63, 3.8) is 0 Å². The number of nitrogens with one attached hydrogen (secondary N) is 1. The van der Waals surface area contributed by atoms with E-state index < -0.39 is 29.5 Å². The van der Waals surface area contributed by atoms with E-state index in [0.29, 0.717) is 4.57 Å². The van der Waals surface area contributed by atoms with Crippen LogP contribution < -0.4 is 20.7 Å². The lowest BCUT2D eigenvalue weighted by molar-refractivity contribution is -0.198. The van der Waals surface area contributed by atoms with Crippen LogP contribution in [0.1, 0.15) is 22.0 Å². The van der Waals surface area contributed by atoms with Gasteiger partial charge in [0.2, 0.25) is 6.10 Å². The number of aromatic nitrogens is 2. The second kappa shape index (κ2) is 9.70. The van der Waals surface area contributed by atoms with Gasteiger partial charge in [0.15, 0.2) is 0 Å². The molecule has 188 valence electrons. The van der Waals surface area contributed by atoms with Crippen LogP contribution in [-0.2, 0) is 4.74 Å². The molecule has 1 N–H and O–H groups in total. The number of para-hydroxylation sites is 1. The highest BCUT2D eigenvalue weighted by molar-refractivity contribution is 7.17. The Morgan fingerprint density at radius 3 is 2.53 bits per heavy atom. The maximum absolute atomic E-state index is 14.0. The maximum atomic E-state index is 14.0. The van der Waals surface area contributed by atoms with E-state index in [1.807, 2.05) is 0 Å². The minimum Gasteiger partial charge on any atom is -0.496 e. The van der Waals surface area contributed by atoms with Gasteiger partial charge in [-0.05, 0) is 18.2 Å². The molecule has 0 aliphatic heterocycles. The molecule has 13 heteroatoms. The number of H-pyrrole nitrogens is 1. The molecule has 0 aliphatic carbocycles. The third kappa shape index (κ3) is 4.56. The lowest BCUT2D eigenvalue weighted by Gasteiger charge is -2.24. The van der Waals surface area contributed by atoms with Crippen molar-refractivity contribution in [2.24, 2.45) is 0 Å². The summed E-state index contributed by atoms with van der Waals surface area (Å²) in [5, 5.41) is 1.10. The highest BCUT2D eigenvalue weighted by atomic mass is 35.5. The fraction of sp³-hybridized carbons (Fsp3) is 0.174. The van der Waals surface area contributed by atoms with Gasteiger partial charge in [0.05, 0.1) is 35.9 Å². The number of esters is 1. The summed E-state index contributed by atoms with van der Waals surface area (Å²) in [4.78, 5) is 40.7. The minimum atomic E-state index is -4.84. The van der Waals surface area contributed by atoms with Gasteiger partial charge in [-0.25, -0.2) is 14.2 Å². The summed E-state index contributed by atoms with van der Waals surface area (Å²) < 4.78 is 57.5. The number of hydrogen-bond acceptors (Lipinski definition) is 7. The van der Waals surface area contributed by atoms with Crippen LogP contribution in [0.5, 0.6) is 11.5 Å². The number of aromatic amines is 1. The molecule has 0 bridgehead atoms. The minimum absolute atomic E-state index is 0.0417. The summed E-state index contributed by atoms with van der Waals surface area (Å²) in [6.45, 7) is 0. The first-order valence-corrected chi connectivity index (χ1v) is 11.3. The van der Waals surface area contributed by atoms with Gasteiger partial charge >= 0.3 is 17.8 Å². The Labute approximate surface area is 209 Å². The number of thiophene rings is 1. The summed E-state index contributed by atoms with van der Waals surface area (Å²) in [5.41, 5.74) is -2.43. The number of benzene rings is 2. The topological polar surface area (TPSA) is 99.6 Å². The molecule has 0 saturated carbocycles. The highest BCUT2D eigenvalue weighted by Crippen LogP contribution is 2.41. The van der Waals surface area contributed by atoms with Crippen LogP contribution in [0.2, 0.25) is 5.02 Å². The van der Waals surface area contributed by atoms with Crippen LogP contribution in [0.25, 0.3) is 15.9 Å². The van der Waals surface area contributed by atoms with Crippen molar-refractivity contribution in [3.8, 4) is 17.2 Å². The number of alkyl halides is 3. The van der Waals surface area contributed by atoms with Crippen molar-refractivity contribution >= 4 is 39.1 Å². The first-order chi connectivity index (χ1) is 17.1. The molecule has 4 rings (SSSR count). The average molecular weight is 541 g/mol. The molecule has 4 aromatic rings. The van der Waals surface area contributed by atoms with E-state index in [9.17, 15) is 27.6 Å². The van der Waals surface area contributed by atoms with Crippen molar-refractivity contribution in [2.45, 2.75) is 12.3 Å². The number of rotatable bonds is 6. The van der Waals surface area contributed by atoms with Crippen molar-refractivity contribution in [1.29, 1.82) is 0 Å². The normalized spacial score (nSPS) is 12.4. The molecular weight excluding hydrogens is 525 g/mol. The number of ether oxygens (including phenoxy) is 3. The largest absolute Gasteiger partial charge is 0.496 e. The predicted octanol–water partition coefficient (Wildman–Crippen LogP) is 4.87. The molecule has 1 unspecified atom stereocenters. The molecule has 0 spiro atoms. The second-order valence-corrected chi connectivity index (χ2v) is 8.60. The van der Waals surface area contributed by atoms with Crippen LogP contribution in [-0.4, -0.2) is 35.9 Å². The Morgan fingerprint density at radius 1 is 1.14 bits per heavy atom. The average Bonchev–Trinajstić information content (AvgIpc) is 3.27. The summed E-state index contributed by atoms with van der Waals surface area (Å²) in [6, 6.07) is 8.87. The number of methoxy groups -OCH3 is 2. The van der Waals surface area contributed by atoms with Crippen molar-refractivity contribution in [1.82, 2.24) is 9.55 Å². The third-order valence-corrected chi connectivity index (χ3v) is 6.38. The number of halogens is 4. The van der Waals surface area contributed by atoms with E-state index in [1.54, 1.807) is 0 Å². The second-order valence-electron chi connectivity index (χ2n) is 7.31. The Morgan fingerprint density at radius 2 is 1.86 bits per heavy atom. The summed E-state index contributed by atoms with van der Waals surface area (Å²) >= 11 is 7.17. The smallest absolute Gasteiger partial charge is 0.429 e. The van der Waals surface area contributed by atoms with Crippen LogP contribution in [0.3, 0.4) is 0 Å². The number of hydrogen-bond donors (Lipinski definition) is 1. The van der Waals surface area contributed by atoms with Gasteiger partial charge in [-0.1, -0.05) is 29.8 Å². The quantitative estimate of drug-likeness (QED) is 0.350. The van der Waals surface area contributed by atoms with Gasteiger partial charge in [0.1, 0.15) is 16.3 Å². The summed E-state index contributed by atoms with van der Waals surface area (Å²) in [6.07, 6.45) is -7.27. The van der Waals surface area contributed by atoms with Crippen molar-refractivity contribution in [2.75, 3.05) is 14.2 Å². The molecule has 1 atom stereocenters. The van der Waals surface area contributed by atoms with Gasteiger partial charge < -0.3 is 14.2 Å². The zero-order chi connectivity index (χ0) is 26.2. The summed E-state index contributed by atoms with van der Waals surface area (Å²) in [5.74, 6) is -1.17. The lowest BCUT2D eigenvalue weighted by atomic mass is 10.1. The first kappa shape index (κ1) is 25.3. The molecule has 0 fully saturated rings. The van der Waals surface area contributed by atoms with Gasteiger partial charge in [0.25, 0.3) is 5.56 Å². The fourth-order valence-corrected chi connectivity index (χ4v) is 4.67. The Hall–Kier alpha value is -3.77. The van der Waals surface area contributed by atoms with Gasteiger partial charge in [-0.15, -0.1) is 11.3 Å². The Balaban J connectivity index is 1.86. The Kier molecular flexibility index (Phi) is 6.83. The van der Waals surface area contributed by atoms with Crippen LogP contribution in [0.15, 0.2) is 57.4 Å². The van der Waals surface area contributed by atoms with Crippen LogP contribution in [0, 0.1) is 0 Å². The van der Waals surface area contributed by atoms with Gasteiger partial charge in [0, 0.05) is 17.0 Å². The zero-order valence-electron chi connectivity index (χ0n) is 18.5. The van der Waals surface area contributed by atoms with E-state index in [4.69, 9.17) is 21.1 Å². The maximum Gasteiger partial charge on any atom is 0.429 e. The highest BCUT2D eigenvalue weighted by Gasteiger charge is 2.44. The molecule has 2 heterocycles. The van der Waals surface area contributed by atoms with E-state index >= 15 is 0 Å². The van der Waals surface area contributed by atoms with Crippen LogP contribution in [0.4, 0.5) is 13.2 Å². The molecule has 0 aliphatic rings. The molecule has 2 aromatic carbocycles. The monoisotopic (exact) mass is 540 g/mol. The number of carbonyl (C=O) groups excluding carboxylic acids is 1. The third-order valence-electron chi connectivity index (χ3n) is 5.17. The molecule has 2 aromatic heterocycles. The molecule has 0 saturated heterocycles. The van der Waals surface area contributed by atoms with E-state index in [2.05, 4.69) is 9.72 Å². The van der Waals surface area contributed by atoms with Crippen molar-refractivity contribution < 1.29 is 32.2 Å². The molecule has 0 radical (unpaired) electrons. The van der Waals surface area contributed by atoms with Gasteiger partial charge in [-0.2, -0.15) is 13.2 Å². The Bertz CT molecular complexity index is 1580. The van der Waals surface area contributed by atoms with E-state index in [1.165, 1.54) is 48.9 Å². The van der Waals surface area contributed by atoms with Gasteiger partial charge in [-0.3, -0.25) is 9.78 Å². The summed E-state index contributed by atoms with van der Waals surface area (Å²) in [7, 11) is 2.36. The van der Waals surface area contributed by atoms with Crippen molar-refractivity contribution in [3.05, 3.63) is 84.8 Å². The fourth-order valence-electron chi connectivity index (χ4n) is 3.56. The predicted molar refractivity (Wildman–Crippen MR) is 127 cm³/mol. The molecular formula is C23H16ClF3N2O6S. The lowest BCUT2D eigenvalue weighted by Crippen LogP contribution is -2.34. The van der Waals surface area contributed by atoms with Crippen LogP contribution >= 0.6 is 22.9 Å². The molecule has 8 nitrogen and oxygen atoms in total. The molecule has 0 amide bonds. The number of fused-ring (bicyclic) bond motifs is 1. The first-order valence-electron chi connectivity index (χ1n) is 10.1. The number of nitrogens with zero attached hydrogens (tertiary/aromatic N) is 1. The SMILES string of the molecule is COC(=O)c1csc2[nH]c(=O)n(-c3cc(OC(c4ccccc4OC)C(F)(F)F)ccc3Cl)c(=O)c12.